The first-order valence-electron chi connectivity index (χ1n) is 5.58. The number of alkyl halides is 2. The summed E-state index contributed by atoms with van der Waals surface area (Å²) in [5, 5.41) is 1.93. The van der Waals surface area contributed by atoms with Gasteiger partial charge in [-0.1, -0.05) is 24.9 Å². The number of H-pyrrole nitrogens is 1. The zero-order valence-electron chi connectivity index (χ0n) is 9.34. The Hall–Kier alpha value is 0.01000. The Morgan fingerprint density at radius 3 is 2.62 bits per heavy atom. The predicted octanol–water partition coefficient (Wildman–Crippen LogP) is 3.77. The molecule has 2 nitrogen and oxygen atoms in total. The van der Waals surface area contributed by atoms with Crippen LogP contribution in [0.1, 0.15) is 38.2 Å². The number of hydrogen-bond acceptors (Lipinski definition) is 2. The van der Waals surface area contributed by atoms with Crippen LogP contribution in [0.5, 0.6) is 0 Å². The van der Waals surface area contributed by atoms with Gasteiger partial charge in [-0.2, -0.15) is 0 Å². The average Bonchev–Trinajstić information content (AvgIpc) is 2.65. The molecule has 0 aliphatic heterocycles. The van der Waals surface area contributed by atoms with Crippen molar-refractivity contribution in [1.29, 1.82) is 0 Å². The molecule has 0 bridgehead atoms. The SMILES string of the molecule is CCCC(Cl)C(Cl)CCCc1cs[nH]c1=O. The highest BCUT2D eigenvalue weighted by Crippen LogP contribution is 2.20. The van der Waals surface area contributed by atoms with E-state index in [9.17, 15) is 4.79 Å². The molecule has 1 aromatic rings. The molecule has 0 fully saturated rings. The van der Waals surface area contributed by atoms with E-state index in [0.717, 1.165) is 37.7 Å². The smallest absolute Gasteiger partial charge is 0.261 e. The van der Waals surface area contributed by atoms with Gasteiger partial charge in [-0.3, -0.25) is 9.17 Å². The van der Waals surface area contributed by atoms with Crippen molar-refractivity contribution < 1.29 is 0 Å². The summed E-state index contributed by atoms with van der Waals surface area (Å²) in [6.07, 6.45) is 4.58. The lowest BCUT2D eigenvalue weighted by Gasteiger charge is -2.14. The first-order valence-corrected chi connectivity index (χ1v) is 7.33. The molecule has 1 N–H and O–H groups in total. The van der Waals surface area contributed by atoms with Crippen molar-refractivity contribution in [3.63, 3.8) is 0 Å². The second kappa shape index (κ2) is 7.36. The van der Waals surface area contributed by atoms with E-state index in [4.69, 9.17) is 23.2 Å². The van der Waals surface area contributed by atoms with Crippen molar-refractivity contribution in [3.8, 4) is 0 Å². The van der Waals surface area contributed by atoms with Gasteiger partial charge in [-0.05, 0) is 25.7 Å². The van der Waals surface area contributed by atoms with Crippen LogP contribution in [0.4, 0.5) is 0 Å². The minimum Gasteiger partial charge on any atom is -0.278 e. The molecule has 1 rings (SSSR count). The standard InChI is InChI=1S/C11H17Cl2NOS/c1-2-4-9(12)10(13)6-3-5-8-7-16-14-11(8)15/h7,9-10H,2-6H2,1H3,(H,14,15). The van der Waals surface area contributed by atoms with E-state index < -0.39 is 0 Å². The third-order valence-corrected chi connectivity index (χ3v) is 4.41. The summed E-state index contributed by atoms with van der Waals surface area (Å²) < 4.78 is 2.68. The van der Waals surface area contributed by atoms with E-state index in [0.29, 0.717) is 0 Å². The summed E-state index contributed by atoms with van der Waals surface area (Å²) in [5.41, 5.74) is 0.891. The van der Waals surface area contributed by atoms with Crippen molar-refractivity contribution in [3.05, 3.63) is 21.3 Å². The molecule has 92 valence electrons. The lowest BCUT2D eigenvalue weighted by atomic mass is 10.1. The number of aromatic amines is 1. The lowest BCUT2D eigenvalue weighted by Crippen LogP contribution is -2.15. The Labute approximate surface area is 110 Å². The van der Waals surface area contributed by atoms with Crippen LogP contribution in [0.25, 0.3) is 0 Å². The van der Waals surface area contributed by atoms with Gasteiger partial charge in [0.05, 0.1) is 0 Å². The zero-order valence-corrected chi connectivity index (χ0v) is 11.7. The molecule has 0 amide bonds. The van der Waals surface area contributed by atoms with Crippen LogP contribution in [0, 0.1) is 0 Å². The van der Waals surface area contributed by atoms with Crippen LogP contribution in [-0.4, -0.2) is 15.1 Å². The molecule has 0 radical (unpaired) electrons. The van der Waals surface area contributed by atoms with E-state index in [1.54, 1.807) is 0 Å². The molecule has 1 heterocycles. The summed E-state index contributed by atoms with van der Waals surface area (Å²) in [7, 11) is 0. The van der Waals surface area contributed by atoms with Crippen LogP contribution in [0.2, 0.25) is 0 Å². The fourth-order valence-corrected chi connectivity index (χ4v) is 2.86. The second-order valence-corrected chi connectivity index (χ2v) is 5.70. The van der Waals surface area contributed by atoms with Gasteiger partial charge in [0.2, 0.25) is 0 Å². The third-order valence-electron chi connectivity index (χ3n) is 2.53. The molecule has 0 aromatic carbocycles. The average molecular weight is 282 g/mol. The van der Waals surface area contributed by atoms with Gasteiger partial charge >= 0.3 is 0 Å². The van der Waals surface area contributed by atoms with Crippen molar-refractivity contribution in [2.45, 2.75) is 49.8 Å². The molecule has 0 saturated heterocycles. The quantitative estimate of drug-likeness (QED) is 0.759. The highest BCUT2D eigenvalue weighted by atomic mass is 35.5. The van der Waals surface area contributed by atoms with Gasteiger partial charge in [-0.25, -0.2) is 0 Å². The maximum atomic E-state index is 11.2. The van der Waals surface area contributed by atoms with Crippen molar-refractivity contribution >= 4 is 34.7 Å². The monoisotopic (exact) mass is 281 g/mol. The molecule has 0 saturated carbocycles. The summed E-state index contributed by atoms with van der Waals surface area (Å²) in [6.45, 7) is 2.10. The second-order valence-electron chi connectivity index (χ2n) is 3.91. The molecule has 2 unspecified atom stereocenters. The number of halogens is 2. The Morgan fingerprint density at radius 2 is 2.06 bits per heavy atom. The van der Waals surface area contributed by atoms with E-state index in [2.05, 4.69) is 11.3 Å². The molecule has 16 heavy (non-hydrogen) atoms. The number of aryl methyl sites for hydroxylation is 1. The predicted molar refractivity (Wildman–Crippen MR) is 72.1 cm³/mol. The molecule has 0 aliphatic carbocycles. The normalized spacial score (nSPS) is 14.9. The van der Waals surface area contributed by atoms with E-state index in [1.807, 2.05) is 5.38 Å². The molecule has 0 aliphatic rings. The molecule has 1 aromatic heterocycles. The van der Waals surface area contributed by atoms with E-state index >= 15 is 0 Å². The van der Waals surface area contributed by atoms with Gasteiger partial charge in [-0.15, -0.1) is 23.2 Å². The van der Waals surface area contributed by atoms with Crippen LogP contribution in [0.3, 0.4) is 0 Å². The summed E-state index contributed by atoms with van der Waals surface area (Å²) in [5.74, 6) is 0. The molecular formula is C11H17Cl2NOS. The van der Waals surface area contributed by atoms with Crippen molar-refractivity contribution in [2.24, 2.45) is 0 Å². The number of hydrogen-bond donors (Lipinski definition) is 1. The highest BCUT2D eigenvalue weighted by molar-refractivity contribution is 7.03. The Kier molecular flexibility index (Phi) is 6.47. The summed E-state index contributed by atoms with van der Waals surface area (Å²) in [6, 6.07) is 0. The molecular weight excluding hydrogens is 265 g/mol. The Balaban J connectivity index is 2.25. The number of rotatable bonds is 7. The molecule has 0 spiro atoms. The first kappa shape index (κ1) is 14.1. The van der Waals surface area contributed by atoms with Gasteiger partial charge in [0.25, 0.3) is 5.56 Å². The van der Waals surface area contributed by atoms with Gasteiger partial charge in [0, 0.05) is 21.7 Å². The van der Waals surface area contributed by atoms with Crippen LogP contribution >= 0.6 is 34.7 Å². The number of aromatic nitrogens is 1. The summed E-state index contributed by atoms with van der Waals surface area (Å²) >= 11 is 13.6. The van der Waals surface area contributed by atoms with Crippen LogP contribution < -0.4 is 5.56 Å². The minimum atomic E-state index is 0.0133. The summed E-state index contributed by atoms with van der Waals surface area (Å²) in [4.78, 5) is 11.2. The largest absolute Gasteiger partial charge is 0.278 e. The fourth-order valence-electron chi connectivity index (χ4n) is 1.57. The maximum absolute atomic E-state index is 11.2. The minimum absolute atomic E-state index is 0.0133. The fraction of sp³-hybridized carbons (Fsp3) is 0.727. The Bertz CT molecular complexity index is 350. The van der Waals surface area contributed by atoms with Crippen LogP contribution in [0.15, 0.2) is 10.2 Å². The molecule has 5 heteroatoms. The van der Waals surface area contributed by atoms with Gasteiger partial charge in [0.1, 0.15) is 0 Å². The lowest BCUT2D eigenvalue weighted by molar-refractivity contribution is 0.621. The first-order chi connectivity index (χ1) is 7.65. The maximum Gasteiger partial charge on any atom is 0.261 e. The van der Waals surface area contributed by atoms with E-state index in [1.165, 1.54) is 11.5 Å². The van der Waals surface area contributed by atoms with E-state index in [-0.39, 0.29) is 16.3 Å². The van der Waals surface area contributed by atoms with Gasteiger partial charge < -0.3 is 0 Å². The zero-order chi connectivity index (χ0) is 12.0. The molecule has 2 atom stereocenters. The third kappa shape index (κ3) is 4.48. The van der Waals surface area contributed by atoms with Crippen molar-refractivity contribution in [1.82, 2.24) is 4.37 Å². The van der Waals surface area contributed by atoms with Gasteiger partial charge in [0.15, 0.2) is 0 Å². The topological polar surface area (TPSA) is 32.9 Å². The highest BCUT2D eigenvalue weighted by Gasteiger charge is 2.15. The number of nitrogens with one attached hydrogen (secondary N) is 1. The van der Waals surface area contributed by atoms with Crippen molar-refractivity contribution in [2.75, 3.05) is 0 Å². The van der Waals surface area contributed by atoms with Crippen LogP contribution in [-0.2, 0) is 6.42 Å². The Morgan fingerprint density at radius 1 is 1.38 bits per heavy atom.